The van der Waals surface area contributed by atoms with Gasteiger partial charge in [0.1, 0.15) is 5.83 Å². The highest BCUT2D eigenvalue weighted by molar-refractivity contribution is 5.91. The zero-order chi connectivity index (χ0) is 9.97. The molecule has 0 saturated heterocycles. The normalized spacial score (nSPS) is 12.0. The molecule has 1 aromatic heterocycles. The lowest BCUT2D eigenvalue weighted by atomic mass is 10.1. The van der Waals surface area contributed by atoms with Crippen LogP contribution >= 0.6 is 0 Å². The zero-order valence-corrected chi connectivity index (χ0v) is 7.87. The van der Waals surface area contributed by atoms with Crippen LogP contribution in [-0.2, 0) is 0 Å². The summed E-state index contributed by atoms with van der Waals surface area (Å²) in [6.45, 7) is 1.68. The fourth-order valence-electron chi connectivity index (χ4n) is 1.46. The van der Waals surface area contributed by atoms with Crippen molar-refractivity contribution < 1.29 is 4.39 Å². The number of fused-ring (bicyclic) bond motifs is 1. The summed E-state index contributed by atoms with van der Waals surface area (Å²) in [7, 11) is 0. The van der Waals surface area contributed by atoms with Gasteiger partial charge in [-0.25, -0.2) is 4.39 Å². The van der Waals surface area contributed by atoms with Crippen molar-refractivity contribution in [1.29, 1.82) is 0 Å². The summed E-state index contributed by atoms with van der Waals surface area (Å²) in [5.41, 5.74) is 0.561. The Hall–Kier alpha value is -1.70. The monoisotopic (exact) mass is 187 g/mol. The molecule has 0 aliphatic carbocycles. The lowest BCUT2D eigenvalue weighted by Gasteiger charge is -2.02. The molecule has 1 heterocycles. The molecule has 2 aromatic rings. The second kappa shape index (κ2) is 3.58. The molecule has 0 aliphatic rings. The minimum Gasteiger partial charge on any atom is -0.263 e. The molecular formula is C12H10FN. The Kier molecular flexibility index (Phi) is 2.27. The highest BCUT2D eigenvalue weighted by atomic mass is 19.1. The molecule has 0 amide bonds. The maximum atomic E-state index is 13.4. The van der Waals surface area contributed by atoms with Crippen LogP contribution in [0.1, 0.15) is 12.5 Å². The number of halogens is 1. The molecule has 0 bridgehead atoms. The Morgan fingerprint density at radius 2 is 2.07 bits per heavy atom. The average Bonchev–Trinajstić information content (AvgIpc) is 2.27. The predicted molar refractivity (Wildman–Crippen MR) is 56.5 cm³/mol. The van der Waals surface area contributed by atoms with Gasteiger partial charge in [0, 0.05) is 23.3 Å². The van der Waals surface area contributed by atoms with Gasteiger partial charge in [-0.15, -0.1) is 0 Å². The average molecular weight is 187 g/mol. The van der Waals surface area contributed by atoms with Gasteiger partial charge in [0.15, 0.2) is 0 Å². The second-order valence-electron chi connectivity index (χ2n) is 3.04. The topological polar surface area (TPSA) is 12.9 Å². The van der Waals surface area contributed by atoms with E-state index in [0.29, 0.717) is 5.56 Å². The zero-order valence-electron chi connectivity index (χ0n) is 7.87. The van der Waals surface area contributed by atoms with Crippen LogP contribution in [0, 0.1) is 0 Å². The fraction of sp³-hybridized carbons (Fsp3) is 0.0833. The van der Waals surface area contributed by atoms with Crippen molar-refractivity contribution in [2.24, 2.45) is 0 Å². The molecular weight excluding hydrogens is 177 g/mol. The molecule has 0 spiro atoms. The minimum absolute atomic E-state index is 0.228. The third kappa shape index (κ3) is 1.39. The largest absolute Gasteiger partial charge is 0.263 e. The fourth-order valence-corrected chi connectivity index (χ4v) is 1.46. The molecule has 0 unspecified atom stereocenters. The van der Waals surface area contributed by atoms with Gasteiger partial charge in [0.25, 0.3) is 0 Å². The summed E-state index contributed by atoms with van der Waals surface area (Å²) < 4.78 is 13.4. The summed E-state index contributed by atoms with van der Waals surface area (Å²) in [6.07, 6.45) is 4.74. The summed E-state index contributed by atoms with van der Waals surface area (Å²) in [4.78, 5) is 4.00. The Balaban J connectivity index is 2.77. The van der Waals surface area contributed by atoms with Crippen LogP contribution in [0.4, 0.5) is 4.39 Å². The van der Waals surface area contributed by atoms with E-state index >= 15 is 0 Å². The number of aromatic nitrogens is 1. The van der Waals surface area contributed by atoms with E-state index in [1.807, 2.05) is 24.3 Å². The van der Waals surface area contributed by atoms with Crippen molar-refractivity contribution in [3.63, 3.8) is 0 Å². The van der Waals surface area contributed by atoms with E-state index in [1.165, 1.54) is 6.08 Å². The molecule has 14 heavy (non-hydrogen) atoms. The number of allylic oxidation sites excluding steroid dienone is 1. The Morgan fingerprint density at radius 3 is 2.86 bits per heavy atom. The highest BCUT2D eigenvalue weighted by Gasteiger charge is 2.04. The molecule has 0 N–H and O–H groups in total. The van der Waals surface area contributed by atoms with Gasteiger partial charge in [-0.1, -0.05) is 30.3 Å². The molecule has 0 radical (unpaired) electrons. The van der Waals surface area contributed by atoms with Gasteiger partial charge in [-0.05, 0) is 12.3 Å². The lowest BCUT2D eigenvalue weighted by Crippen LogP contribution is -1.84. The molecule has 0 saturated carbocycles. The van der Waals surface area contributed by atoms with E-state index in [2.05, 4.69) is 4.98 Å². The number of hydrogen-bond donors (Lipinski definition) is 0. The van der Waals surface area contributed by atoms with E-state index < -0.39 is 0 Å². The van der Waals surface area contributed by atoms with Crippen LogP contribution < -0.4 is 0 Å². The van der Waals surface area contributed by atoms with Crippen molar-refractivity contribution in [3.8, 4) is 0 Å². The lowest BCUT2D eigenvalue weighted by molar-refractivity contribution is 0.759. The maximum Gasteiger partial charge on any atom is 0.128 e. The first kappa shape index (κ1) is 8.88. The standard InChI is InChI=1S/C12H10FN/c1-2-12(13)11-8-14-7-9-5-3-4-6-10(9)11/h2-8H,1H3/b12-2-. The van der Waals surface area contributed by atoms with Gasteiger partial charge in [-0.2, -0.15) is 0 Å². The number of benzene rings is 1. The SMILES string of the molecule is C/C=C(\F)c1cncc2ccccc12. The van der Waals surface area contributed by atoms with Gasteiger partial charge in [-0.3, -0.25) is 4.98 Å². The molecule has 2 heteroatoms. The van der Waals surface area contributed by atoms with E-state index in [1.54, 1.807) is 19.3 Å². The van der Waals surface area contributed by atoms with E-state index in [-0.39, 0.29) is 5.83 Å². The summed E-state index contributed by atoms with van der Waals surface area (Å²) in [6, 6.07) is 7.64. The first-order chi connectivity index (χ1) is 6.83. The molecule has 1 nitrogen and oxygen atoms in total. The van der Waals surface area contributed by atoms with E-state index in [0.717, 1.165) is 10.8 Å². The van der Waals surface area contributed by atoms with Crippen LogP contribution in [0.2, 0.25) is 0 Å². The van der Waals surface area contributed by atoms with Crippen LogP contribution in [0.5, 0.6) is 0 Å². The van der Waals surface area contributed by atoms with Gasteiger partial charge >= 0.3 is 0 Å². The highest BCUT2D eigenvalue weighted by Crippen LogP contribution is 2.24. The van der Waals surface area contributed by atoms with Gasteiger partial charge in [0.05, 0.1) is 0 Å². The van der Waals surface area contributed by atoms with Crippen molar-refractivity contribution >= 4 is 16.6 Å². The predicted octanol–water partition coefficient (Wildman–Crippen LogP) is 3.57. The maximum absolute atomic E-state index is 13.4. The quantitative estimate of drug-likeness (QED) is 0.665. The number of rotatable bonds is 1. The third-order valence-corrected chi connectivity index (χ3v) is 2.18. The first-order valence-corrected chi connectivity index (χ1v) is 4.48. The molecule has 0 atom stereocenters. The Labute approximate surface area is 81.9 Å². The molecule has 70 valence electrons. The summed E-state index contributed by atoms with van der Waals surface area (Å²) in [5, 5.41) is 1.86. The van der Waals surface area contributed by atoms with Crippen LogP contribution in [0.3, 0.4) is 0 Å². The minimum atomic E-state index is -0.228. The van der Waals surface area contributed by atoms with Crippen molar-refractivity contribution in [1.82, 2.24) is 4.98 Å². The van der Waals surface area contributed by atoms with Gasteiger partial charge in [0.2, 0.25) is 0 Å². The number of pyridine rings is 1. The Morgan fingerprint density at radius 1 is 1.29 bits per heavy atom. The molecule has 0 aliphatic heterocycles. The second-order valence-corrected chi connectivity index (χ2v) is 3.04. The van der Waals surface area contributed by atoms with Crippen LogP contribution in [0.25, 0.3) is 16.6 Å². The number of nitrogens with zero attached hydrogens (tertiary/aromatic N) is 1. The third-order valence-electron chi connectivity index (χ3n) is 2.18. The summed E-state index contributed by atoms with van der Waals surface area (Å²) >= 11 is 0. The van der Waals surface area contributed by atoms with Crippen molar-refractivity contribution in [3.05, 3.63) is 48.3 Å². The van der Waals surface area contributed by atoms with Crippen LogP contribution in [-0.4, -0.2) is 4.98 Å². The van der Waals surface area contributed by atoms with Crippen molar-refractivity contribution in [2.45, 2.75) is 6.92 Å². The smallest absolute Gasteiger partial charge is 0.128 e. The molecule has 0 fully saturated rings. The van der Waals surface area contributed by atoms with E-state index in [9.17, 15) is 4.39 Å². The number of hydrogen-bond acceptors (Lipinski definition) is 1. The van der Waals surface area contributed by atoms with Crippen molar-refractivity contribution in [2.75, 3.05) is 0 Å². The van der Waals surface area contributed by atoms with Gasteiger partial charge < -0.3 is 0 Å². The molecule has 1 aromatic carbocycles. The van der Waals surface area contributed by atoms with E-state index in [4.69, 9.17) is 0 Å². The van der Waals surface area contributed by atoms with Crippen LogP contribution in [0.15, 0.2) is 42.7 Å². The summed E-state index contributed by atoms with van der Waals surface area (Å²) in [5.74, 6) is -0.228. The first-order valence-electron chi connectivity index (χ1n) is 4.48. The molecule has 2 rings (SSSR count). The Bertz CT molecular complexity index is 483.